The number of amides is 2. The molecule has 2 aliphatic heterocycles. The van der Waals surface area contributed by atoms with Gasteiger partial charge in [-0.1, -0.05) is 18.6 Å². The fourth-order valence-electron chi connectivity index (χ4n) is 4.81. The lowest BCUT2D eigenvalue weighted by Crippen LogP contribution is -3.03. The smallest absolute Gasteiger partial charge is 0.279 e. The summed E-state index contributed by atoms with van der Waals surface area (Å²) in [7, 11) is 1.68. The molecule has 3 aliphatic rings. The number of anilines is 1. The molecular formula is C21H31N4O3+. The zero-order valence-electron chi connectivity index (χ0n) is 16.6. The Morgan fingerprint density at radius 1 is 1.18 bits per heavy atom. The lowest BCUT2D eigenvalue weighted by Gasteiger charge is -2.39. The van der Waals surface area contributed by atoms with E-state index in [0.717, 1.165) is 37.4 Å². The first kappa shape index (κ1) is 19.1. The van der Waals surface area contributed by atoms with E-state index in [9.17, 15) is 9.59 Å². The van der Waals surface area contributed by atoms with Crippen molar-refractivity contribution in [2.45, 2.75) is 50.2 Å². The van der Waals surface area contributed by atoms with Crippen LogP contribution in [0.25, 0.3) is 0 Å². The molecule has 152 valence electrons. The molecule has 2 heterocycles. The minimum atomic E-state index is -0.279. The molecule has 1 saturated carbocycles. The maximum atomic E-state index is 12.8. The Hall–Kier alpha value is -2.28. The quantitative estimate of drug-likeness (QED) is 0.769. The summed E-state index contributed by atoms with van der Waals surface area (Å²) < 4.78 is 5.46. The third-order valence-corrected chi connectivity index (χ3v) is 6.42. The van der Waals surface area contributed by atoms with Gasteiger partial charge < -0.3 is 25.2 Å². The van der Waals surface area contributed by atoms with E-state index in [2.05, 4.69) is 21.6 Å². The van der Waals surface area contributed by atoms with Crippen molar-refractivity contribution in [3.05, 3.63) is 24.3 Å². The third-order valence-electron chi connectivity index (χ3n) is 6.42. The Kier molecular flexibility index (Phi) is 5.71. The largest absolute Gasteiger partial charge is 0.495 e. The molecule has 3 atom stereocenters. The molecule has 4 rings (SSSR count). The zero-order chi connectivity index (χ0) is 19.5. The van der Waals surface area contributed by atoms with Crippen molar-refractivity contribution in [1.29, 1.82) is 0 Å². The van der Waals surface area contributed by atoms with E-state index in [1.165, 1.54) is 12.8 Å². The number of hydrogen-bond donors (Lipinski definition) is 2. The number of hydrogen-bond acceptors (Lipinski definition) is 4. The fourth-order valence-corrected chi connectivity index (χ4v) is 4.81. The van der Waals surface area contributed by atoms with Crippen LogP contribution in [0, 0.1) is 0 Å². The summed E-state index contributed by atoms with van der Waals surface area (Å²) in [4.78, 5) is 29.4. The van der Waals surface area contributed by atoms with E-state index in [1.54, 1.807) is 7.11 Å². The molecule has 3 fully saturated rings. The summed E-state index contributed by atoms with van der Waals surface area (Å²) in [6, 6.07) is 8.43. The zero-order valence-corrected chi connectivity index (χ0v) is 16.6. The molecule has 3 N–H and O–H groups in total. The van der Waals surface area contributed by atoms with Crippen molar-refractivity contribution >= 4 is 17.5 Å². The van der Waals surface area contributed by atoms with Crippen molar-refractivity contribution in [3.63, 3.8) is 0 Å². The third kappa shape index (κ3) is 3.94. The molecule has 0 unspecified atom stereocenters. The number of nitrogens with two attached hydrogens (primary N) is 1. The Labute approximate surface area is 166 Å². The van der Waals surface area contributed by atoms with Gasteiger partial charge in [0.15, 0.2) is 6.04 Å². The highest BCUT2D eigenvalue weighted by Gasteiger charge is 2.41. The van der Waals surface area contributed by atoms with E-state index >= 15 is 0 Å². The molecule has 1 aliphatic carbocycles. The van der Waals surface area contributed by atoms with E-state index < -0.39 is 0 Å². The van der Waals surface area contributed by atoms with Crippen molar-refractivity contribution in [2.24, 2.45) is 0 Å². The van der Waals surface area contributed by atoms with Crippen LogP contribution in [0.5, 0.6) is 5.75 Å². The molecule has 0 spiro atoms. The van der Waals surface area contributed by atoms with E-state index in [1.807, 2.05) is 23.1 Å². The molecule has 1 aromatic rings. The number of nitrogens with one attached hydrogen (secondary N) is 1. The number of quaternary nitrogens is 1. The number of fused-ring (bicyclic) bond motifs is 1. The number of benzene rings is 1. The van der Waals surface area contributed by atoms with Crippen molar-refractivity contribution in [1.82, 2.24) is 10.2 Å². The van der Waals surface area contributed by atoms with Gasteiger partial charge in [0.25, 0.3) is 5.91 Å². The van der Waals surface area contributed by atoms with Gasteiger partial charge in [0.2, 0.25) is 5.91 Å². The van der Waals surface area contributed by atoms with Gasteiger partial charge in [-0.05, 0) is 25.0 Å². The Balaban J connectivity index is 1.31. The average molecular weight is 388 g/mol. The highest BCUT2D eigenvalue weighted by molar-refractivity contribution is 5.87. The van der Waals surface area contributed by atoms with Crippen LogP contribution < -0.4 is 20.3 Å². The normalized spacial score (nSPS) is 27.8. The van der Waals surface area contributed by atoms with Gasteiger partial charge in [0.1, 0.15) is 11.8 Å². The first-order valence-corrected chi connectivity index (χ1v) is 10.5. The second-order valence-electron chi connectivity index (χ2n) is 8.11. The minimum Gasteiger partial charge on any atom is -0.495 e. The standard InChI is InChI=1S/C21H30N4O3/c1-28-19-9-5-4-8-18(19)24-10-12-25(13-11-24)20(26)14-17-21(27)23-16-7-3-2-6-15(16)22-17/h4-5,8-9,15-17,22H,2-3,6-7,10-14H2,1H3,(H,23,27)/p+1/t15-,16+,17-/m0/s1. The van der Waals surface area contributed by atoms with Crippen LogP contribution in [-0.4, -0.2) is 68.1 Å². The number of rotatable bonds is 4. The highest BCUT2D eigenvalue weighted by Crippen LogP contribution is 2.28. The van der Waals surface area contributed by atoms with Gasteiger partial charge in [-0.25, -0.2) is 0 Å². The first-order chi connectivity index (χ1) is 13.7. The molecule has 2 amide bonds. The predicted octanol–water partition coefficient (Wildman–Crippen LogP) is 0.107. The van der Waals surface area contributed by atoms with Crippen molar-refractivity contribution < 1.29 is 19.6 Å². The minimum absolute atomic E-state index is 0.0316. The van der Waals surface area contributed by atoms with Gasteiger partial charge >= 0.3 is 0 Å². The number of carbonyl (C=O) groups excluding carboxylic acids is 2. The molecule has 0 bridgehead atoms. The van der Waals surface area contributed by atoms with Gasteiger partial charge in [0.05, 0.1) is 25.3 Å². The SMILES string of the molecule is COc1ccccc1N1CCN(C(=O)C[C@@H]2[NH2+][C@H]3CCCC[C@H]3NC2=O)CC1. The maximum Gasteiger partial charge on any atom is 0.279 e. The van der Waals surface area contributed by atoms with Crippen LogP contribution in [-0.2, 0) is 9.59 Å². The highest BCUT2D eigenvalue weighted by atomic mass is 16.5. The molecule has 2 saturated heterocycles. The summed E-state index contributed by atoms with van der Waals surface area (Å²) in [6.07, 6.45) is 4.91. The molecule has 7 nitrogen and oxygen atoms in total. The lowest BCUT2D eigenvalue weighted by molar-refractivity contribution is -0.718. The van der Waals surface area contributed by atoms with Gasteiger partial charge in [-0.15, -0.1) is 0 Å². The Bertz CT molecular complexity index is 717. The number of nitrogens with zero attached hydrogens (tertiary/aromatic N) is 2. The number of methoxy groups -OCH3 is 1. The van der Waals surface area contributed by atoms with Crippen LogP contribution >= 0.6 is 0 Å². The molecule has 0 aromatic heterocycles. The van der Waals surface area contributed by atoms with E-state index in [4.69, 9.17) is 4.74 Å². The fraction of sp³-hybridized carbons (Fsp3) is 0.619. The monoisotopic (exact) mass is 387 g/mol. The summed E-state index contributed by atoms with van der Waals surface area (Å²) in [5.74, 6) is 0.979. The molecule has 0 radical (unpaired) electrons. The molecular weight excluding hydrogens is 356 g/mol. The van der Waals surface area contributed by atoms with Crippen LogP contribution in [0.3, 0.4) is 0 Å². The second-order valence-corrected chi connectivity index (χ2v) is 8.11. The van der Waals surface area contributed by atoms with Crippen LogP contribution in [0.4, 0.5) is 5.69 Å². The number of ether oxygens (including phenoxy) is 1. The molecule has 28 heavy (non-hydrogen) atoms. The first-order valence-electron chi connectivity index (χ1n) is 10.5. The van der Waals surface area contributed by atoms with Crippen molar-refractivity contribution in [3.8, 4) is 5.75 Å². The summed E-state index contributed by atoms with van der Waals surface area (Å²) in [6.45, 7) is 2.91. The van der Waals surface area contributed by atoms with Crippen molar-refractivity contribution in [2.75, 3.05) is 38.2 Å². The molecule has 1 aromatic carbocycles. The van der Waals surface area contributed by atoms with E-state index in [0.29, 0.717) is 25.6 Å². The van der Waals surface area contributed by atoms with Crippen LogP contribution in [0.15, 0.2) is 24.3 Å². The number of carbonyl (C=O) groups is 2. The van der Waals surface area contributed by atoms with Crippen LogP contribution in [0.1, 0.15) is 32.1 Å². The molecule has 7 heteroatoms. The maximum absolute atomic E-state index is 12.8. The van der Waals surface area contributed by atoms with Gasteiger partial charge in [-0.2, -0.15) is 0 Å². The number of piperazine rings is 2. The lowest BCUT2D eigenvalue weighted by atomic mass is 9.87. The summed E-state index contributed by atoms with van der Waals surface area (Å²) in [5, 5.41) is 5.31. The Morgan fingerprint density at radius 2 is 1.93 bits per heavy atom. The summed E-state index contributed by atoms with van der Waals surface area (Å²) in [5.41, 5.74) is 1.07. The number of para-hydroxylation sites is 2. The Morgan fingerprint density at radius 3 is 2.71 bits per heavy atom. The van der Waals surface area contributed by atoms with Gasteiger partial charge in [-0.3, -0.25) is 9.59 Å². The van der Waals surface area contributed by atoms with Crippen LogP contribution in [0.2, 0.25) is 0 Å². The average Bonchev–Trinajstić information content (AvgIpc) is 2.74. The summed E-state index contributed by atoms with van der Waals surface area (Å²) >= 11 is 0. The van der Waals surface area contributed by atoms with E-state index in [-0.39, 0.29) is 23.9 Å². The topological polar surface area (TPSA) is 78.5 Å². The predicted molar refractivity (Wildman–Crippen MR) is 106 cm³/mol. The second kappa shape index (κ2) is 8.39. The van der Waals surface area contributed by atoms with Gasteiger partial charge in [0, 0.05) is 32.6 Å².